The predicted molar refractivity (Wildman–Crippen MR) is 63.3 cm³/mol. The van der Waals surface area contributed by atoms with Crippen LogP contribution in [0, 0.1) is 11.8 Å². The fourth-order valence-corrected chi connectivity index (χ4v) is 2.86. The lowest BCUT2D eigenvalue weighted by atomic mass is 10.0. The average molecular weight is 234 g/mol. The van der Waals surface area contributed by atoms with Crippen molar-refractivity contribution in [1.29, 1.82) is 0 Å². The van der Waals surface area contributed by atoms with Gasteiger partial charge in [0.05, 0.1) is 0 Å². The Hall–Kier alpha value is -1.36. The van der Waals surface area contributed by atoms with E-state index >= 15 is 0 Å². The molecule has 0 spiro atoms. The first-order valence-electron chi connectivity index (χ1n) is 6.29. The summed E-state index contributed by atoms with van der Waals surface area (Å²) in [6.45, 7) is 4.72. The molecule has 0 aliphatic carbocycles. The van der Waals surface area contributed by atoms with Crippen LogP contribution in [0.2, 0.25) is 0 Å². The van der Waals surface area contributed by atoms with Crippen LogP contribution in [0.4, 0.5) is 0 Å². The van der Waals surface area contributed by atoms with Crippen molar-refractivity contribution >= 4 is 5.91 Å². The first kappa shape index (κ1) is 10.8. The van der Waals surface area contributed by atoms with E-state index in [2.05, 4.69) is 10.4 Å². The zero-order valence-electron chi connectivity index (χ0n) is 9.88. The van der Waals surface area contributed by atoms with Crippen molar-refractivity contribution in [3.8, 4) is 0 Å². The average Bonchev–Trinajstić information content (AvgIpc) is 3.01. The summed E-state index contributed by atoms with van der Waals surface area (Å²) in [6.07, 6.45) is 4.21. The Morgan fingerprint density at radius 3 is 2.76 bits per heavy atom. The summed E-state index contributed by atoms with van der Waals surface area (Å²) in [6, 6.07) is 1.89. The third kappa shape index (κ3) is 2.20. The van der Waals surface area contributed by atoms with E-state index in [-0.39, 0.29) is 5.91 Å². The SMILES string of the molecule is O=C(CCn1cccn1)N1C[C@H]2CNC[C@H]2C1. The van der Waals surface area contributed by atoms with Crippen LogP contribution < -0.4 is 5.32 Å². The van der Waals surface area contributed by atoms with Crippen LogP contribution in [0.25, 0.3) is 0 Å². The lowest BCUT2D eigenvalue weighted by molar-refractivity contribution is -0.130. The van der Waals surface area contributed by atoms with E-state index in [1.165, 1.54) is 0 Å². The molecule has 1 aromatic heterocycles. The molecule has 3 rings (SSSR count). The molecule has 2 saturated heterocycles. The van der Waals surface area contributed by atoms with Gasteiger partial charge in [0.2, 0.25) is 5.91 Å². The molecule has 1 N–H and O–H groups in total. The minimum Gasteiger partial charge on any atom is -0.342 e. The molecule has 1 amide bonds. The normalized spacial score (nSPS) is 27.4. The number of aryl methyl sites for hydroxylation is 1. The summed E-state index contributed by atoms with van der Waals surface area (Å²) >= 11 is 0. The molecule has 2 aliphatic rings. The largest absolute Gasteiger partial charge is 0.342 e. The van der Waals surface area contributed by atoms with Crippen LogP contribution in [-0.2, 0) is 11.3 Å². The van der Waals surface area contributed by atoms with Gasteiger partial charge in [-0.05, 0) is 17.9 Å². The molecule has 3 heterocycles. The molecule has 92 valence electrons. The second kappa shape index (κ2) is 4.49. The van der Waals surface area contributed by atoms with E-state index in [9.17, 15) is 4.79 Å². The zero-order valence-corrected chi connectivity index (χ0v) is 9.88. The molecule has 0 radical (unpaired) electrons. The molecule has 0 saturated carbocycles. The lowest BCUT2D eigenvalue weighted by Gasteiger charge is -2.17. The Labute approximate surface area is 101 Å². The highest BCUT2D eigenvalue weighted by Gasteiger charge is 2.37. The predicted octanol–water partition coefficient (Wildman–Crippen LogP) is -0.0490. The van der Waals surface area contributed by atoms with Gasteiger partial charge in [-0.15, -0.1) is 0 Å². The van der Waals surface area contributed by atoms with Gasteiger partial charge in [-0.3, -0.25) is 9.48 Å². The summed E-state index contributed by atoms with van der Waals surface area (Å²) in [4.78, 5) is 14.1. The van der Waals surface area contributed by atoms with Crippen LogP contribution in [-0.4, -0.2) is 46.8 Å². The van der Waals surface area contributed by atoms with Crippen molar-refractivity contribution in [3.05, 3.63) is 18.5 Å². The van der Waals surface area contributed by atoms with Crippen molar-refractivity contribution in [1.82, 2.24) is 20.0 Å². The quantitative estimate of drug-likeness (QED) is 0.798. The monoisotopic (exact) mass is 234 g/mol. The van der Waals surface area contributed by atoms with Gasteiger partial charge < -0.3 is 10.2 Å². The molecule has 17 heavy (non-hydrogen) atoms. The second-order valence-electron chi connectivity index (χ2n) is 5.00. The number of carbonyl (C=O) groups is 1. The van der Waals surface area contributed by atoms with E-state index in [0.717, 1.165) is 26.2 Å². The number of carbonyl (C=O) groups excluding carboxylic acids is 1. The fraction of sp³-hybridized carbons (Fsp3) is 0.667. The molecule has 0 aromatic carbocycles. The Kier molecular flexibility index (Phi) is 2.84. The first-order valence-corrected chi connectivity index (χ1v) is 6.29. The van der Waals surface area contributed by atoms with E-state index < -0.39 is 0 Å². The number of amides is 1. The Balaban J connectivity index is 1.50. The summed E-state index contributed by atoms with van der Waals surface area (Å²) in [5.74, 6) is 1.64. The van der Waals surface area contributed by atoms with Crippen molar-refractivity contribution in [2.24, 2.45) is 11.8 Å². The molecule has 2 fully saturated rings. The number of nitrogens with one attached hydrogen (secondary N) is 1. The fourth-order valence-electron chi connectivity index (χ4n) is 2.86. The van der Waals surface area contributed by atoms with Crippen LogP contribution in [0.1, 0.15) is 6.42 Å². The summed E-state index contributed by atoms with van der Waals surface area (Å²) < 4.78 is 1.82. The summed E-state index contributed by atoms with van der Waals surface area (Å²) in [5, 5.41) is 7.49. The first-order chi connectivity index (χ1) is 8.33. The highest BCUT2D eigenvalue weighted by atomic mass is 16.2. The third-order valence-electron chi connectivity index (χ3n) is 3.86. The smallest absolute Gasteiger partial charge is 0.224 e. The van der Waals surface area contributed by atoms with E-state index in [4.69, 9.17) is 0 Å². The number of hydrogen-bond acceptors (Lipinski definition) is 3. The Morgan fingerprint density at radius 1 is 1.35 bits per heavy atom. The van der Waals surface area contributed by atoms with Gasteiger partial charge in [-0.1, -0.05) is 0 Å². The van der Waals surface area contributed by atoms with Gasteiger partial charge in [-0.2, -0.15) is 5.10 Å². The molecule has 2 atom stereocenters. The van der Waals surface area contributed by atoms with Crippen LogP contribution in [0.15, 0.2) is 18.5 Å². The standard InChI is InChI=1S/C12H18N4O/c17-12(2-5-16-4-1-3-14-16)15-8-10-6-13-7-11(10)9-15/h1,3-4,10-11,13H,2,5-9H2/t10-,11+. The Morgan fingerprint density at radius 2 is 2.12 bits per heavy atom. The van der Waals surface area contributed by atoms with Gasteiger partial charge in [0, 0.05) is 51.5 Å². The lowest BCUT2D eigenvalue weighted by Crippen LogP contribution is -2.32. The van der Waals surface area contributed by atoms with Gasteiger partial charge in [-0.25, -0.2) is 0 Å². The van der Waals surface area contributed by atoms with Crippen LogP contribution >= 0.6 is 0 Å². The van der Waals surface area contributed by atoms with Gasteiger partial charge >= 0.3 is 0 Å². The number of fused-ring (bicyclic) bond motifs is 1. The van der Waals surface area contributed by atoms with E-state index in [0.29, 0.717) is 24.8 Å². The second-order valence-corrected chi connectivity index (χ2v) is 5.00. The van der Waals surface area contributed by atoms with Gasteiger partial charge in [0.25, 0.3) is 0 Å². The molecule has 1 aromatic rings. The maximum atomic E-state index is 12.0. The number of aromatic nitrogens is 2. The minimum atomic E-state index is 0.273. The zero-order chi connectivity index (χ0) is 11.7. The topological polar surface area (TPSA) is 50.2 Å². The number of likely N-dealkylation sites (tertiary alicyclic amines) is 1. The van der Waals surface area contributed by atoms with Gasteiger partial charge in [0.15, 0.2) is 0 Å². The third-order valence-corrected chi connectivity index (χ3v) is 3.86. The Bertz CT molecular complexity index is 377. The molecule has 0 unspecified atom stereocenters. The van der Waals surface area contributed by atoms with Crippen molar-refractivity contribution < 1.29 is 4.79 Å². The molecule has 0 bridgehead atoms. The highest BCUT2D eigenvalue weighted by molar-refractivity contribution is 5.76. The molecule has 5 nitrogen and oxygen atoms in total. The molecular formula is C12H18N4O. The number of hydrogen-bond donors (Lipinski definition) is 1. The highest BCUT2D eigenvalue weighted by Crippen LogP contribution is 2.26. The molecular weight excluding hydrogens is 216 g/mol. The van der Waals surface area contributed by atoms with Crippen molar-refractivity contribution in [3.63, 3.8) is 0 Å². The summed E-state index contributed by atoms with van der Waals surface area (Å²) in [7, 11) is 0. The van der Waals surface area contributed by atoms with E-state index in [1.54, 1.807) is 6.20 Å². The molecule has 5 heteroatoms. The maximum Gasteiger partial charge on any atom is 0.224 e. The van der Waals surface area contributed by atoms with Crippen LogP contribution in [0.3, 0.4) is 0 Å². The number of rotatable bonds is 3. The van der Waals surface area contributed by atoms with Crippen molar-refractivity contribution in [2.75, 3.05) is 26.2 Å². The molecule has 2 aliphatic heterocycles. The minimum absolute atomic E-state index is 0.273. The summed E-state index contributed by atoms with van der Waals surface area (Å²) in [5.41, 5.74) is 0. The number of nitrogens with zero attached hydrogens (tertiary/aromatic N) is 3. The maximum absolute atomic E-state index is 12.0. The van der Waals surface area contributed by atoms with Crippen LogP contribution in [0.5, 0.6) is 0 Å². The van der Waals surface area contributed by atoms with Gasteiger partial charge in [0.1, 0.15) is 0 Å². The van der Waals surface area contributed by atoms with Crippen molar-refractivity contribution in [2.45, 2.75) is 13.0 Å². The van der Waals surface area contributed by atoms with E-state index in [1.807, 2.05) is 21.8 Å².